The number of hydrogen-bond donors (Lipinski definition) is 1. The first-order valence-corrected chi connectivity index (χ1v) is 9.07. The number of benzene rings is 2. The van der Waals surface area contributed by atoms with Crippen LogP contribution in [0.3, 0.4) is 0 Å². The van der Waals surface area contributed by atoms with Crippen molar-refractivity contribution in [2.45, 2.75) is 13.5 Å². The predicted molar refractivity (Wildman–Crippen MR) is 108 cm³/mol. The maximum absolute atomic E-state index is 12.4. The Balaban J connectivity index is 1.43. The molecule has 9 nitrogen and oxygen atoms in total. The fraction of sp³-hybridized carbons (Fsp3) is 0.0952. The molecule has 0 saturated heterocycles. The highest BCUT2D eigenvalue weighted by atomic mass is 16.5. The Morgan fingerprint density at radius 3 is 2.57 bits per heavy atom. The summed E-state index contributed by atoms with van der Waals surface area (Å²) in [6, 6.07) is 16.2. The van der Waals surface area contributed by atoms with E-state index in [9.17, 15) is 9.59 Å². The molecule has 4 aromatic rings. The van der Waals surface area contributed by atoms with Crippen molar-refractivity contribution in [1.29, 1.82) is 0 Å². The predicted octanol–water partition coefficient (Wildman–Crippen LogP) is 3.03. The summed E-state index contributed by atoms with van der Waals surface area (Å²) in [6.45, 7) is 1.69. The number of aromatic nitrogens is 4. The number of nitrogens with one attached hydrogen (secondary N) is 1. The number of hydrogen-bond acceptors (Lipinski definition) is 7. The van der Waals surface area contributed by atoms with Crippen LogP contribution in [0.25, 0.3) is 11.6 Å². The first-order valence-electron chi connectivity index (χ1n) is 9.07. The van der Waals surface area contributed by atoms with Crippen molar-refractivity contribution in [2.75, 3.05) is 5.32 Å². The molecule has 0 atom stereocenters. The maximum atomic E-state index is 12.4. The molecule has 1 amide bonds. The van der Waals surface area contributed by atoms with Crippen LogP contribution in [0.15, 0.2) is 76.3 Å². The van der Waals surface area contributed by atoms with E-state index >= 15 is 0 Å². The van der Waals surface area contributed by atoms with Crippen LogP contribution in [-0.4, -0.2) is 25.6 Å². The molecule has 0 aliphatic rings. The van der Waals surface area contributed by atoms with Gasteiger partial charge >= 0.3 is 5.76 Å². The topological polar surface area (TPSA) is 112 Å². The molecule has 150 valence electrons. The van der Waals surface area contributed by atoms with Crippen molar-refractivity contribution in [2.24, 2.45) is 0 Å². The SMILES string of the molecule is Cc1cccc(Oc2ccc(NC(=O)Cn3c(-c4ncccn4)noc3=O)cc2)c1. The second kappa shape index (κ2) is 8.39. The Hall–Kier alpha value is -4.27. The summed E-state index contributed by atoms with van der Waals surface area (Å²) < 4.78 is 11.5. The minimum absolute atomic E-state index is 0.0812. The van der Waals surface area contributed by atoms with Crippen LogP contribution < -0.4 is 15.8 Å². The van der Waals surface area contributed by atoms with Crippen LogP contribution >= 0.6 is 0 Å². The molecule has 0 unspecified atom stereocenters. The van der Waals surface area contributed by atoms with Crippen LogP contribution in [0.4, 0.5) is 5.69 Å². The molecular weight excluding hydrogens is 386 g/mol. The first-order chi connectivity index (χ1) is 14.6. The van der Waals surface area contributed by atoms with Crippen molar-refractivity contribution in [3.8, 4) is 23.1 Å². The third kappa shape index (κ3) is 4.41. The number of ether oxygens (including phenoxy) is 1. The van der Waals surface area contributed by atoms with Gasteiger partial charge in [-0.25, -0.2) is 19.3 Å². The Morgan fingerprint density at radius 1 is 1.07 bits per heavy atom. The van der Waals surface area contributed by atoms with E-state index in [2.05, 4.69) is 25.0 Å². The van der Waals surface area contributed by atoms with E-state index in [1.165, 1.54) is 12.4 Å². The van der Waals surface area contributed by atoms with E-state index in [-0.39, 0.29) is 18.2 Å². The summed E-state index contributed by atoms with van der Waals surface area (Å²) in [5.41, 5.74) is 1.65. The third-order valence-corrected chi connectivity index (χ3v) is 4.12. The van der Waals surface area contributed by atoms with Crippen LogP contribution in [0, 0.1) is 6.92 Å². The zero-order valence-electron chi connectivity index (χ0n) is 16.0. The first kappa shape index (κ1) is 19.1. The van der Waals surface area contributed by atoms with Gasteiger partial charge in [0.1, 0.15) is 18.0 Å². The van der Waals surface area contributed by atoms with Crippen LogP contribution in [0.5, 0.6) is 11.5 Å². The van der Waals surface area contributed by atoms with Crippen molar-refractivity contribution in [3.05, 3.63) is 83.1 Å². The smallest absolute Gasteiger partial charge is 0.442 e. The molecule has 0 aliphatic heterocycles. The van der Waals surface area contributed by atoms with Gasteiger partial charge in [-0.3, -0.25) is 9.32 Å². The molecule has 0 aliphatic carbocycles. The molecule has 0 fully saturated rings. The van der Waals surface area contributed by atoms with Crippen LogP contribution in [0.1, 0.15) is 5.56 Å². The Morgan fingerprint density at radius 2 is 1.83 bits per heavy atom. The average molecular weight is 403 g/mol. The van der Waals surface area contributed by atoms with E-state index in [0.29, 0.717) is 11.4 Å². The minimum Gasteiger partial charge on any atom is -0.457 e. The monoisotopic (exact) mass is 403 g/mol. The van der Waals surface area contributed by atoms with Gasteiger partial charge in [-0.05, 0) is 55.0 Å². The summed E-state index contributed by atoms with van der Waals surface area (Å²) in [5.74, 6) is 0.442. The second-order valence-corrected chi connectivity index (χ2v) is 6.42. The molecule has 0 bridgehead atoms. The lowest BCUT2D eigenvalue weighted by Crippen LogP contribution is -2.25. The molecule has 30 heavy (non-hydrogen) atoms. The number of carbonyl (C=O) groups excluding carboxylic acids is 1. The zero-order valence-corrected chi connectivity index (χ0v) is 16.0. The Kier molecular flexibility index (Phi) is 5.33. The van der Waals surface area contributed by atoms with Gasteiger partial charge in [-0.1, -0.05) is 17.3 Å². The number of aryl methyl sites for hydroxylation is 1. The number of anilines is 1. The fourth-order valence-corrected chi connectivity index (χ4v) is 2.75. The Labute approximate surface area is 171 Å². The van der Waals surface area contributed by atoms with Crippen LogP contribution in [-0.2, 0) is 11.3 Å². The zero-order chi connectivity index (χ0) is 20.9. The lowest BCUT2D eigenvalue weighted by atomic mass is 10.2. The number of nitrogens with zero attached hydrogens (tertiary/aromatic N) is 4. The highest BCUT2D eigenvalue weighted by Gasteiger charge is 2.17. The van der Waals surface area contributed by atoms with E-state index in [0.717, 1.165) is 15.9 Å². The highest BCUT2D eigenvalue weighted by Crippen LogP contribution is 2.23. The molecule has 2 aromatic heterocycles. The molecule has 9 heteroatoms. The number of amides is 1. The average Bonchev–Trinajstić information content (AvgIpc) is 3.10. The molecule has 0 spiro atoms. The number of rotatable bonds is 6. The summed E-state index contributed by atoms with van der Waals surface area (Å²) in [4.78, 5) is 32.4. The largest absolute Gasteiger partial charge is 0.457 e. The van der Waals surface area contributed by atoms with Gasteiger partial charge in [0.15, 0.2) is 5.82 Å². The molecule has 4 rings (SSSR count). The standard InChI is InChI=1S/C21H17N5O4/c1-14-4-2-5-17(12-14)29-16-8-6-15(7-9-16)24-18(27)13-26-20(25-30-21(26)28)19-22-10-3-11-23-19/h2-12H,13H2,1H3,(H,24,27). The van der Waals surface area contributed by atoms with Crippen molar-refractivity contribution in [3.63, 3.8) is 0 Å². The molecule has 2 aromatic carbocycles. The third-order valence-electron chi connectivity index (χ3n) is 4.12. The fourth-order valence-electron chi connectivity index (χ4n) is 2.75. The van der Waals surface area contributed by atoms with E-state index < -0.39 is 11.7 Å². The molecule has 1 N–H and O–H groups in total. The maximum Gasteiger partial charge on any atom is 0.442 e. The van der Waals surface area contributed by atoms with Gasteiger partial charge < -0.3 is 10.1 Å². The molecular formula is C21H17N5O4. The van der Waals surface area contributed by atoms with E-state index in [1.807, 2.05) is 31.2 Å². The summed E-state index contributed by atoms with van der Waals surface area (Å²) in [6.07, 6.45) is 3.01. The van der Waals surface area contributed by atoms with Crippen molar-refractivity contribution < 1.29 is 14.1 Å². The second-order valence-electron chi connectivity index (χ2n) is 6.42. The summed E-state index contributed by atoms with van der Waals surface area (Å²) in [5, 5.41) is 6.38. The molecule has 0 radical (unpaired) electrons. The highest BCUT2D eigenvalue weighted by molar-refractivity contribution is 5.90. The van der Waals surface area contributed by atoms with E-state index in [1.54, 1.807) is 30.3 Å². The summed E-state index contributed by atoms with van der Waals surface area (Å²) in [7, 11) is 0. The number of carbonyl (C=O) groups is 1. The van der Waals surface area contributed by atoms with Crippen molar-refractivity contribution >= 4 is 11.6 Å². The minimum atomic E-state index is -0.769. The lowest BCUT2D eigenvalue weighted by Gasteiger charge is -2.09. The van der Waals surface area contributed by atoms with Crippen LogP contribution in [0.2, 0.25) is 0 Å². The van der Waals surface area contributed by atoms with Gasteiger partial charge in [0.25, 0.3) is 0 Å². The normalized spacial score (nSPS) is 10.6. The molecule has 0 saturated carbocycles. The summed E-state index contributed by atoms with van der Waals surface area (Å²) >= 11 is 0. The van der Waals surface area contributed by atoms with Gasteiger partial charge in [-0.2, -0.15) is 0 Å². The van der Waals surface area contributed by atoms with Gasteiger partial charge in [0, 0.05) is 18.1 Å². The Bertz CT molecular complexity index is 1220. The van der Waals surface area contributed by atoms with Gasteiger partial charge in [0.05, 0.1) is 0 Å². The quantitative estimate of drug-likeness (QED) is 0.526. The molecule has 2 heterocycles. The van der Waals surface area contributed by atoms with Gasteiger partial charge in [0.2, 0.25) is 11.7 Å². The van der Waals surface area contributed by atoms with E-state index in [4.69, 9.17) is 4.74 Å². The van der Waals surface area contributed by atoms with Gasteiger partial charge in [-0.15, -0.1) is 0 Å². The van der Waals surface area contributed by atoms with Crippen molar-refractivity contribution in [1.82, 2.24) is 19.7 Å². The lowest BCUT2D eigenvalue weighted by molar-refractivity contribution is -0.116.